The van der Waals surface area contributed by atoms with Crippen LogP contribution in [0.4, 0.5) is 0 Å². The van der Waals surface area contributed by atoms with Crippen molar-refractivity contribution in [2.45, 2.75) is 19.0 Å². The van der Waals surface area contributed by atoms with Crippen LogP contribution in [0.15, 0.2) is 18.3 Å². The Balaban J connectivity index is 2.54. The smallest absolute Gasteiger partial charge is 0.320 e. The molecule has 0 spiro atoms. The van der Waals surface area contributed by atoms with Crippen LogP contribution in [-0.4, -0.2) is 21.7 Å². The SMILES string of the molecule is N#Cc1cccn1CCC(N)C(=O)O. The Morgan fingerprint density at radius 3 is 3.07 bits per heavy atom. The number of nitriles is 1. The molecule has 5 heteroatoms. The molecule has 1 aromatic heterocycles. The lowest BCUT2D eigenvalue weighted by Crippen LogP contribution is -2.31. The second-order valence-electron chi connectivity index (χ2n) is 2.93. The molecule has 14 heavy (non-hydrogen) atoms. The lowest BCUT2D eigenvalue weighted by Gasteiger charge is -2.07. The van der Waals surface area contributed by atoms with Crippen molar-refractivity contribution < 1.29 is 9.90 Å². The number of hydrogen-bond donors (Lipinski definition) is 2. The van der Waals surface area contributed by atoms with Crippen molar-refractivity contribution in [1.82, 2.24) is 4.57 Å². The van der Waals surface area contributed by atoms with Crippen LogP contribution in [0.3, 0.4) is 0 Å². The van der Waals surface area contributed by atoms with E-state index in [-0.39, 0.29) is 0 Å². The van der Waals surface area contributed by atoms with Crippen LogP contribution in [0.1, 0.15) is 12.1 Å². The zero-order chi connectivity index (χ0) is 10.6. The maximum Gasteiger partial charge on any atom is 0.320 e. The minimum absolute atomic E-state index is 0.318. The summed E-state index contributed by atoms with van der Waals surface area (Å²) in [5.74, 6) is -1.02. The fourth-order valence-electron chi connectivity index (χ4n) is 1.11. The average Bonchev–Trinajstić information content (AvgIpc) is 2.60. The van der Waals surface area contributed by atoms with Crippen LogP contribution >= 0.6 is 0 Å². The molecule has 1 unspecified atom stereocenters. The highest BCUT2D eigenvalue weighted by Crippen LogP contribution is 2.02. The van der Waals surface area contributed by atoms with Crippen LogP contribution in [0.5, 0.6) is 0 Å². The van der Waals surface area contributed by atoms with Crippen molar-refractivity contribution in [3.05, 3.63) is 24.0 Å². The largest absolute Gasteiger partial charge is 0.480 e. The molecule has 0 aliphatic carbocycles. The third-order valence-electron chi connectivity index (χ3n) is 1.94. The topological polar surface area (TPSA) is 92.0 Å². The molecule has 3 N–H and O–H groups in total. The summed E-state index contributed by atoms with van der Waals surface area (Å²) < 4.78 is 1.68. The van der Waals surface area contributed by atoms with E-state index in [0.29, 0.717) is 18.7 Å². The van der Waals surface area contributed by atoms with Crippen molar-refractivity contribution >= 4 is 5.97 Å². The molecule has 1 atom stereocenters. The highest BCUT2D eigenvalue weighted by Gasteiger charge is 2.11. The number of rotatable bonds is 4. The standard InChI is InChI=1S/C9H11N3O2/c10-6-7-2-1-4-12(7)5-3-8(11)9(13)14/h1-2,4,8H,3,5,11H2,(H,13,14). The van der Waals surface area contributed by atoms with E-state index in [4.69, 9.17) is 16.1 Å². The van der Waals surface area contributed by atoms with Gasteiger partial charge in [-0.3, -0.25) is 4.79 Å². The highest BCUT2D eigenvalue weighted by molar-refractivity contribution is 5.72. The molecule has 1 aromatic rings. The van der Waals surface area contributed by atoms with Gasteiger partial charge in [0.25, 0.3) is 0 Å². The van der Waals surface area contributed by atoms with E-state index in [1.807, 2.05) is 6.07 Å². The van der Waals surface area contributed by atoms with Gasteiger partial charge in [0.05, 0.1) is 0 Å². The summed E-state index contributed by atoms with van der Waals surface area (Å²) in [6.07, 6.45) is 2.05. The van der Waals surface area contributed by atoms with Gasteiger partial charge in [-0.2, -0.15) is 5.26 Å². The highest BCUT2D eigenvalue weighted by atomic mass is 16.4. The summed E-state index contributed by atoms with van der Waals surface area (Å²) in [5, 5.41) is 17.2. The predicted molar refractivity (Wildman–Crippen MR) is 49.4 cm³/mol. The van der Waals surface area contributed by atoms with Gasteiger partial charge in [-0.25, -0.2) is 0 Å². The first-order chi connectivity index (χ1) is 6.65. The van der Waals surface area contributed by atoms with E-state index in [9.17, 15) is 4.79 Å². The molecule has 0 bridgehead atoms. The molecule has 1 heterocycles. The molecule has 0 amide bonds. The third-order valence-corrected chi connectivity index (χ3v) is 1.94. The van der Waals surface area contributed by atoms with Gasteiger partial charge >= 0.3 is 5.97 Å². The molecular formula is C9H11N3O2. The zero-order valence-corrected chi connectivity index (χ0v) is 7.55. The van der Waals surface area contributed by atoms with E-state index >= 15 is 0 Å². The summed E-state index contributed by atoms with van der Waals surface area (Å²) in [6.45, 7) is 0.448. The molecule has 74 valence electrons. The first-order valence-electron chi connectivity index (χ1n) is 4.18. The van der Waals surface area contributed by atoms with Gasteiger partial charge in [0, 0.05) is 12.7 Å². The second kappa shape index (κ2) is 4.44. The number of aliphatic carboxylic acids is 1. The molecule has 5 nitrogen and oxygen atoms in total. The molecule has 0 fully saturated rings. The van der Waals surface area contributed by atoms with E-state index in [1.54, 1.807) is 22.9 Å². The zero-order valence-electron chi connectivity index (χ0n) is 7.55. The number of aromatic nitrogens is 1. The van der Waals surface area contributed by atoms with E-state index in [0.717, 1.165) is 0 Å². The van der Waals surface area contributed by atoms with Crippen LogP contribution in [-0.2, 0) is 11.3 Å². The molecular weight excluding hydrogens is 182 g/mol. The Bertz CT molecular complexity index is 364. The minimum atomic E-state index is -1.02. The Morgan fingerprint density at radius 1 is 1.79 bits per heavy atom. The molecule has 0 aliphatic heterocycles. The summed E-state index contributed by atoms with van der Waals surface area (Å²) in [6, 6.07) is 4.55. The summed E-state index contributed by atoms with van der Waals surface area (Å²) in [5.41, 5.74) is 5.85. The van der Waals surface area contributed by atoms with Crippen LogP contribution in [0.25, 0.3) is 0 Å². The molecule has 1 rings (SSSR count). The number of hydrogen-bond acceptors (Lipinski definition) is 3. The normalized spacial score (nSPS) is 12.0. The number of carboxylic acids is 1. The number of carbonyl (C=O) groups is 1. The van der Waals surface area contributed by atoms with Gasteiger partial charge in [-0.1, -0.05) is 0 Å². The fraction of sp³-hybridized carbons (Fsp3) is 0.333. The monoisotopic (exact) mass is 193 g/mol. The number of nitrogens with two attached hydrogens (primary N) is 1. The Labute approximate surface area is 81.4 Å². The molecule has 0 radical (unpaired) electrons. The van der Waals surface area contributed by atoms with Crippen molar-refractivity contribution in [2.24, 2.45) is 5.73 Å². The lowest BCUT2D eigenvalue weighted by molar-refractivity contribution is -0.138. The predicted octanol–water partition coefficient (Wildman–Crippen LogP) is 0.162. The Kier molecular flexibility index (Phi) is 3.26. The third kappa shape index (κ3) is 2.34. The van der Waals surface area contributed by atoms with Gasteiger partial charge in [-0.05, 0) is 18.6 Å². The Hall–Kier alpha value is -1.80. The molecule has 0 aliphatic rings. The van der Waals surface area contributed by atoms with E-state index in [1.165, 1.54) is 0 Å². The van der Waals surface area contributed by atoms with Crippen molar-refractivity contribution in [1.29, 1.82) is 5.26 Å². The summed E-state index contributed by atoms with van der Waals surface area (Å²) in [4.78, 5) is 10.4. The van der Waals surface area contributed by atoms with Crippen LogP contribution in [0.2, 0.25) is 0 Å². The van der Waals surface area contributed by atoms with Crippen molar-refractivity contribution in [3.8, 4) is 6.07 Å². The fourth-order valence-corrected chi connectivity index (χ4v) is 1.11. The molecule has 0 aromatic carbocycles. The second-order valence-corrected chi connectivity index (χ2v) is 2.93. The summed E-state index contributed by atoms with van der Waals surface area (Å²) >= 11 is 0. The van der Waals surface area contributed by atoms with Crippen molar-refractivity contribution in [3.63, 3.8) is 0 Å². The van der Waals surface area contributed by atoms with Crippen LogP contribution < -0.4 is 5.73 Å². The summed E-state index contributed by atoms with van der Waals surface area (Å²) in [7, 11) is 0. The number of aryl methyl sites for hydroxylation is 1. The number of carboxylic acid groups (broad SMARTS) is 1. The average molecular weight is 193 g/mol. The quantitative estimate of drug-likeness (QED) is 0.712. The van der Waals surface area contributed by atoms with Gasteiger partial charge in [0.2, 0.25) is 0 Å². The van der Waals surface area contributed by atoms with Crippen LogP contribution in [0, 0.1) is 11.3 Å². The molecule has 0 saturated carbocycles. The van der Waals surface area contributed by atoms with E-state index in [2.05, 4.69) is 0 Å². The maximum absolute atomic E-state index is 10.4. The van der Waals surface area contributed by atoms with Gasteiger partial charge < -0.3 is 15.4 Å². The minimum Gasteiger partial charge on any atom is -0.480 e. The van der Waals surface area contributed by atoms with E-state index < -0.39 is 12.0 Å². The number of nitrogens with zero attached hydrogens (tertiary/aromatic N) is 2. The Morgan fingerprint density at radius 2 is 2.50 bits per heavy atom. The molecule has 0 saturated heterocycles. The first-order valence-corrected chi connectivity index (χ1v) is 4.18. The van der Waals surface area contributed by atoms with Crippen molar-refractivity contribution in [2.75, 3.05) is 0 Å². The first kappa shape index (κ1) is 10.3. The van der Waals surface area contributed by atoms with Gasteiger partial charge in [0.15, 0.2) is 0 Å². The van der Waals surface area contributed by atoms with Gasteiger partial charge in [0.1, 0.15) is 17.8 Å². The van der Waals surface area contributed by atoms with Gasteiger partial charge in [-0.15, -0.1) is 0 Å². The lowest BCUT2D eigenvalue weighted by atomic mass is 10.2. The maximum atomic E-state index is 10.4.